The Kier molecular flexibility index (Phi) is 5.28. The van der Waals surface area contributed by atoms with Crippen LogP contribution in [0.1, 0.15) is 0 Å². The summed E-state index contributed by atoms with van der Waals surface area (Å²) in [6.45, 7) is 1.02. The van der Waals surface area contributed by atoms with Crippen LogP contribution < -0.4 is 11.1 Å². The van der Waals surface area contributed by atoms with Crippen molar-refractivity contribution < 1.29 is 9.13 Å². The summed E-state index contributed by atoms with van der Waals surface area (Å²) in [5, 5.41) is 8.73. The van der Waals surface area contributed by atoms with Crippen LogP contribution in [-0.2, 0) is 4.74 Å². The van der Waals surface area contributed by atoms with Crippen LogP contribution in [0.15, 0.2) is 48.5 Å². The molecular formula is C20H18ClFN6O. The summed E-state index contributed by atoms with van der Waals surface area (Å²) >= 11 is 6.18. The van der Waals surface area contributed by atoms with Crippen molar-refractivity contribution in [2.24, 2.45) is 0 Å². The molecule has 0 radical (unpaired) electrons. The number of hydrogen-bond acceptors (Lipinski definition) is 6. The lowest BCUT2D eigenvalue weighted by molar-refractivity contribution is 0.210. The molecule has 2 aromatic carbocycles. The lowest BCUT2D eigenvalue weighted by Crippen LogP contribution is -2.10. The van der Waals surface area contributed by atoms with E-state index in [1.54, 1.807) is 31.4 Å². The molecule has 2 heterocycles. The molecule has 0 saturated carbocycles. The van der Waals surface area contributed by atoms with Gasteiger partial charge in [-0.25, -0.2) is 14.1 Å². The van der Waals surface area contributed by atoms with E-state index in [-0.39, 0.29) is 5.82 Å². The van der Waals surface area contributed by atoms with Crippen LogP contribution in [-0.4, -0.2) is 40.0 Å². The summed E-state index contributed by atoms with van der Waals surface area (Å²) in [7, 11) is 1.62. The van der Waals surface area contributed by atoms with Crippen molar-refractivity contribution in [1.29, 1.82) is 0 Å². The molecule has 0 spiro atoms. The van der Waals surface area contributed by atoms with Gasteiger partial charge in [0, 0.05) is 24.2 Å². The number of anilines is 2. The van der Waals surface area contributed by atoms with Crippen LogP contribution in [0.5, 0.6) is 0 Å². The van der Waals surface area contributed by atoms with Gasteiger partial charge < -0.3 is 15.8 Å². The summed E-state index contributed by atoms with van der Waals surface area (Å²) in [6, 6.07) is 13.3. The zero-order valence-electron chi connectivity index (χ0n) is 15.6. The average molecular weight is 413 g/mol. The summed E-state index contributed by atoms with van der Waals surface area (Å²) in [5.41, 5.74) is 8.62. The third-order valence-corrected chi connectivity index (χ3v) is 4.54. The van der Waals surface area contributed by atoms with E-state index in [9.17, 15) is 4.39 Å². The first-order valence-electron chi connectivity index (χ1n) is 8.88. The number of halogens is 2. The molecule has 29 heavy (non-hydrogen) atoms. The Morgan fingerprint density at radius 1 is 1.17 bits per heavy atom. The number of ether oxygens (including phenoxy) is 1. The van der Waals surface area contributed by atoms with Gasteiger partial charge in [0.05, 0.1) is 23.4 Å². The van der Waals surface area contributed by atoms with Gasteiger partial charge in [0.1, 0.15) is 11.6 Å². The lowest BCUT2D eigenvalue weighted by Gasteiger charge is -2.08. The standard InChI is InChI=1S/C20H18ClFN6O/c1-29-9-8-24-20-25-17(12-4-2-5-13(21)10-12)16-18(23)28(27-19(16)26-20)15-7-3-6-14(22)11-15/h2-7,10-11H,8-9,23H2,1H3,(H,24,26,27). The maximum absolute atomic E-state index is 13.7. The molecule has 9 heteroatoms. The Morgan fingerprint density at radius 3 is 2.76 bits per heavy atom. The smallest absolute Gasteiger partial charge is 0.225 e. The van der Waals surface area contributed by atoms with Crippen LogP contribution in [0, 0.1) is 5.82 Å². The van der Waals surface area contributed by atoms with E-state index in [0.29, 0.717) is 52.4 Å². The zero-order chi connectivity index (χ0) is 20.4. The fourth-order valence-electron chi connectivity index (χ4n) is 3.00. The number of nitrogens with zero attached hydrogens (tertiary/aromatic N) is 4. The van der Waals surface area contributed by atoms with E-state index >= 15 is 0 Å². The van der Waals surface area contributed by atoms with Gasteiger partial charge in [-0.1, -0.05) is 29.8 Å². The number of nitrogens with one attached hydrogen (secondary N) is 1. The van der Waals surface area contributed by atoms with Crippen LogP contribution >= 0.6 is 11.6 Å². The molecule has 4 rings (SSSR count). The molecule has 0 unspecified atom stereocenters. The zero-order valence-corrected chi connectivity index (χ0v) is 16.3. The monoisotopic (exact) mass is 412 g/mol. The highest BCUT2D eigenvalue weighted by Gasteiger charge is 2.19. The van der Waals surface area contributed by atoms with E-state index in [0.717, 1.165) is 5.56 Å². The number of rotatable bonds is 6. The number of hydrogen-bond donors (Lipinski definition) is 2. The highest BCUT2D eigenvalue weighted by atomic mass is 35.5. The van der Waals surface area contributed by atoms with E-state index in [1.165, 1.54) is 16.8 Å². The second-order valence-electron chi connectivity index (χ2n) is 6.30. The highest BCUT2D eigenvalue weighted by molar-refractivity contribution is 6.30. The Hall–Kier alpha value is -3.23. The van der Waals surface area contributed by atoms with Gasteiger partial charge >= 0.3 is 0 Å². The molecule has 0 saturated heterocycles. The summed E-state index contributed by atoms with van der Waals surface area (Å²) in [5.74, 6) is 0.307. The van der Waals surface area contributed by atoms with Gasteiger partial charge in [-0.2, -0.15) is 4.98 Å². The first kappa shape index (κ1) is 19.1. The minimum Gasteiger partial charge on any atom is -0.383 e. The predicted molar refractivity (Wildman–Crippen MR) is 112 cm³/mol. The SMILES string of the molecule is COCCNc1nc(-c2cccc(Cl)c2)c2c(N)n(-c3cccc(F)c3)nc2n1. The van der Waals surface area contributed by atoms with Crippen molar-refractivity contribution in [2.45, 2.75) is 0 Å². The van der Waals surface area contributed by atoms with Crippen LogP contribution in [0.25, 0.3) is 28.0 Å². The van der Waals surface area contributed by atoms with Gasteiger partial charge in [-0.15, -0.1) is 5.10 Å². The van der Waals surface area contributed by atoms with Gasteiger partial charge in [0.2, 0.25) is 5.95 Å². The molecule has 0 aliphatic heterocycles. The highest BCUT2D eigenvalue weighted by Crippen LogP contribution is 2.33. The second kappa shape index (κ2) is 8.02. The van der Waals surface area contributed by atoms with Gasteiger partial charge in [0.15, 0.2) is 5.65 Å². The summed E-state index contributed by atoms with van der Waals surface area (Å²) in [4.78, 5) is 9.09. The van der Waals surface area contributed by atoms with Gasteiger partial charge in [-0.3, -0.25) is 0 Å². The first-order valence-corrected chi connectivity index (χ1v) is 9.25. The molecule has 148 valence electrons. The minimum absolute atomic E-state index is 0.309. The number of nitrogen functional groups attached to an aromatic ring is 1. The van der Waals surface area contributed by atoms with E-state index < -0.39 is 0 Å². The lowest BCUT2D eigenvalue weighted by atomic mass is 10.1. The molecule has 0 amide bonds. The Balaban J connectivity index is 1.92. The average Bonchev–Trinajstić information content (AvgIpc) is 3.04. The van der Waals surface area contributed by atoms with E-state index in [2.05, 4.69) is 20.4 Å². The fraction of sp³-hybridized carbons (Fsp3) is 0.150. The molecular weight excluding hydrogens is 395 g/mol. The maximum Gasteiger partial charge on any atom is 0.225 e. The Bertz CT molecular complexity index is 1180. The van der Waals surface area contributed by atoms with Gasteiger partial charge in [-0.05, 0) is 30.3 Å². The van der Waals surface area contributed by atoms with Crippen molar-refractivity contribution in [3.05, 3.63) is 59.4 Å². The van der Waals surface area contributed by atoms with Crippen LogP contribution in [0.3, 0.4) is 0 Å². The molecule has 3 N–H and O–H groups in total. The predicted octanol–water partition coefficient (Wildman–Crippen LogP) is 3.92. The number of fused-ring (bicyclic) bond motifs is 1. The quantitative estimate of drug-likeness (QED) is 0.466. The van der Waals surface area contributed by atoms with Crippen LogP contribution in [0.2, 0.25) is 5.02 Å². The molecule has 0 bridgehead atoms. The molecule has 0 atom stereocenters. The summed E-state index contributed by atoms with van der Waals surface area (Å²) in [6.07, 6.45) is 0. The topological polar surface area (TPSA) is 90.9 Å². The molecule has 0 aliphatic carbocycles. The second-order valence-corrected chi connectivity index (χ2v) is 6.74. The van der Waals surface area contributed by atoms with E-state index in [4.69, 9.17) is 22.1 Å². The molecule has 2 aromatic heterocycles. The third kappa shape index (κ3) is 3.85. The first-order chi connectivity index (χ1) is 14.1. The number of benzene rings is 2. The maximum atomic E-state index is 13.7. The van der Waals surface area contributed by atoms with Gasteiger partial charge in [0.25, 0.3) is 0 Å². The Labute approximate surface area is 171 Å². The van der Waals surface area contributed by atoms with Crippen LogP contribution in [0.4, 0.5) is 16.2 Å². The van der Waals surface area contributed by atoms with Crippen molar-refractivity contribution in [1.82, 2.24) is 19.7 Å². The third-order valence-electron chi connectivity index (χ3n) is 4.31. The van der Waals surface area contributed by atoms with E-state index in [1.807, 2.05) is 12.1 Å². The number of aromatic nitrogens is 4. The Morgan fingerprint density at radius 2 is 2.00 bits per heavy atom. The number of methoxy groups -OCH3 is 1. The largest absolute Gasteiger partial charge is 0.383 e. The van der Waals surface area contributed by atoms with Crippen molar-refractivity contribution in [3.63, 3.8) is 0 Å². The molecule has 0 fully saturated rings. The molecule has 0 aliphatic rings. The molecule has 4 aromatic rings. The van der Waals surface area contributed by atoms with Crippen molar-refractivity contribution >= 4 is 34.4 Å². The minimum atomic E-state index is -0.385. The number of nitrogens with two attached hydrogens (primary N) is 1. The normalized spacial score (nSPS) is 11.1. The van der Waals surface area contributed by atoms with Crippen molar-refractivity contribution in [3.8, 4) is 16.9 Å². The fourth-order valence-corrected chi connectivity index (χ4v) is 3.20. The summed E-state index contributed by atoms with van der Waals surface area (Å²) < 4.78 is 20.2. The molecule has 7 nitrogen and oxygen atoms in total. The van der Waals surface area contributed by atoms with Crippen molar-refractivity contribution in [2.75, 3.05) is 31.3 Å².